The third kappa shape index (κ3) is 3.93. The summed E-state index contributed by atoms with van der Waals surface area (Å²) in [5, 5.41) is 5.35. The van der Waals surface area contributed by atoms with Crippen molar-refractivity contribution in [3.63, 3.8) is 0 Å². The van der Waals surface area contributed by atoms with Gasteiger partial charge in [-0.05, 0) is 44.9 Å². The van der Waals surface area contributed by atoms with E-state index in [9.17, 15) is 9.18 Å². The Balaban J connectivity index is 1.75. The molecule has 0 spiro atoms. The molecule has 2 N–H and O–H groups in total. The van der Waals surface area contributed by atoms with Crippen molar-refractivity contribution in [1.82, 2.24) is 10.2 Å². The van der Waals surface area contributed by atoms with Crippen LogP contribution in [0.2, 0.25) is 0 Å². The van der Waals surface area contributed by atoms with Gasteiger partial charge in [-0.1, -0.05) is 12.1 Å². The predicted octanol–water partition coefficient (Wildman–Crippen LogP) is 2.68. The molecule has 1 fully saturated rings. The quantitative estimate of drug-likeness (QED) is 0.890. The Hall–Kier alpha value is -1.62. The fourth-order valence-electron chi connectivity index (χ4n) is 2.46. The Morgan fingerprint density at radius 1 is 1.45 bits per heavy atom. The van der Waals surface area contributed by atoms with E-state index in [0.29, 0.717) is 18.5 Å². The first-order chi connectivity index (χ1) is 9.56. The van der Waals surface area contributed by atoms with Crippen molar-refractivity contribution in [3.05, 3.63) is 30.1 Å². The summed E-state index contributed by atoms with van der Waals surface area (Å²) in [4.78, 5) is 14.1. The second kappa shape index (κ2) is 6.70. The van der Waals surface area contributed by atoms with E-state index in [0.717, 1.165) is 19.5 Å². The molecule has 2 rings (SSSR count). The number of urea groups is 1. The molecule has 4 nitrogen and oxygen atoms in total. The molecule has 1 aliphatic heterocycles. The lowest BCUT2D eigenvalue weighted by molar-refractivity contribution is 0.247. The van der Waals surface area contributed by atoms with Gasteiger partial charge in [0.2, 0.25) is 0 Å². The largest absolute Gasteiger partial charge is 0.338 e. The van der Waals surface area contributed by atoms with Crippen molar-refractivity contribution < 1.29 is 9.18 Å². The summed E-state index contributed by atoms with van der Waals surface area (Å²) in [7, 11) is 0. The van der Waals surface area contributed by atoms with Gasteiger partial charge in [0, 0.05) is 19.1 Å². The van der Waals surface area contributed by atoms with Gasteiger partial charge in [-0.15, -0.1) is 0 Å². The summed E-state index contributed by atoms with van der Waals surface area (Å²) in [6.45, 7) is 7.08. The van der Waals surface area contributed by atoms with Crippen LogP contribution >= 0.6 is 0 Å². The first-order valence-corrected chi connectivity index (χ1v) is 7.09. The van der Waals surface area contributed by atoms with E-state index in [1.165, 1.54) is 6.07 Å². The molecule has 1 aliphatic rings. The molecule has 1 atom stereocenters. The second-order valence-corrected chi connectivity index (χ2v) is 5.56. The van der Waals surface area contributed by atoms with Gasteiger partial charge >= 0.3 is 6.03 Å². The molecule has 0 aromatic heterocycles. The number of carbonyl (C=O) groups excluding carboxylic acids is 1. The molecule has 20 heavy (non-hydrogen) atoms. The van der Waals surface area contributed by atoms with Crippen LogP contribution in [0.5, 0.6) is 0 Å². The van der Waals surface area contributed by atoms with E-state index in [4.69, 9.17) is 0 Å². The standard InChI is InChI=1S/C15H22FN3O/c1-11(2)19-8-7-12(10-19)9-17-15(20)18-14-6-4-3-5-13(14)16/h3-6,11-12H,7-10H2,1-2H3,(H2,17,18,20)/t12-/m0/s1. The monoisotopic (exact) mass is 279 g/mol. The first kappa shape index (κ1) is 14.8. The van der Waals surface area contributed by atoms with Gasteiger partial charge < -0.3 is 15.5 Å². The van der Waals surface area contributed by atoms with E-state index in [1.54, 1.807) is 18.2 Å². The predicted molar refractivity (Wildman–Crippen MR) is 78.2 cm³/mol. The van der Waals surface area contributed by atoms with Crippen molar-refractivity contribution in [2.45, 2.75) is 26.3 Å². The lowest BCUT2D eigenvalue weighted by atomic mass is 10.1. The topological polar surface area (TPSA) is 44.4 Å². The van der Waals surface area contributed by atoms with Crippen LogP contribution in [-0.4, -0.2) is 36.6 Å². The minimum absolute atomic E-state index is 0.209. The average molecular weight is 279 g/mol. The molecule has 0 aliphatic carbocycles. The number of rotatable bonds is 4. The summed E-state index contributed by atoms with van der Waals surface area (Å²) in [5.74, 6) is 0.0540. The fourth-order valence-corrected chi connectivity index (χ4v) is 2.46. The van der Waals surface area contributed by atoms with Crippen LogP contribution in [0.4, 0.5) is 14.9 Å². The van der Waals surface area contributed by atoms with Crippen LogP contribution in [0.3, 0.4) is 0 Å². The Bertz CT molecular complexity index is 464. The third-order valence-corrected chi connectivity index (χ3v) is 3.72. The molecule has 0 unspecified atom stereocenters. The number of carbonyl (C=O) groups is 1. The van der Waals surface area contributed by atoms with Crippen LogP contribution < -0.4 is 10.6 Å². The third-order valence-electron chi connectivity index (χ3n) is 3.72. The average Bonchev–Trinajstić information content (AvgIpc) is 2.88. The molecule has 110 valence electrons. The van der Waals surface area contributed by atoms with Crippen molar-refractivity contribution in [2.75, 3.05) is 25.0 Å². The summed E-state index contributed by atoms with van der Waals surface area (Å²) in [6.07, 6.45) is 1.10. The zero-order valence-electron chi connectivity index (χ0n) is 12.0. The van der Waals surface area contributed by atoms with Crippen molar-refractivity contribution in [3.8, 4) is 0 Å². The smallest absolute Gasteiger partial charge is 0.319 e. The van der Waals surface area contributed by atoms with Crippen molar-refractivity contribution in [1.29, 1.82) is 0 Å². The highest BCUT2D eigenvalue weighted by Crippen LogP contribution is 2.17. The molecule has 0 radical (unpaired) electrons. The SMILES string of the molecule is CC(C)N1CC[C@@H](CNC(=O)Nc2ccccc2F)C1. The maximum atomic E-state index is 13.4. The Morgan fingerprint density at radius 2 is 2.20 bits per heavy atom. The van der Waals surface area contributed by atoms with E-state index >= 15 is 0 Å². The molecule has 1 saturated heterocycles. The first-order valence-electron chi connectivity index (χ1n) is 7.09. The van der Waals surface area contributed by atoms with Gasteiger partial charge in [0.25, 0.3) is 0 Å². The number of nitrogens with zero attached hydrogens (tertiary/aromatic N) is 1. The molecule has 2 amide bonds. The zero-order chi connectivity index (χ0) is 14.5. The molecule has 1 aromatic rings. The molecule has 0 bridgehead atoms. The number of likely N-dealkylation sites (tertiary alicyclic amines) is 1. The highest BCUT2D eigenvalue weighted by Gasteiger charge is 2.24. The molecular weight excluding hydrogens is 257 g/mol. The Labute approximate surface area is 119 Å². The molecule has 1 aromatic carbocycles. The maximum absolute atomic E-state index is 13.4. The van der Waals surface area contributed by atoms with Crippen LogP contribution in [-0.2, 0) is 0 Å². The highest BCUT2D eigenvalue weighted by molar-refractivity contribution is 5.89. The number of para-hydroxylation sites is 1. The van der Waals surface area contributed by atoms with Crippen molar-refractivity contribution >= 4 is 11.7 Å². The van der Waals surface area contributed by atoms with Crippen LogP contribution in [0.1, 0.15) is 20.3 Å². The number of amides is 2. The highest BCUT2D eigenvalue weighted by atomic mass is 19.1. The molecular formula is C15H22FN3O. The lowest BCUT2D eigenvalue weighted by Crippen LogP contribution is -2.35. The molecule has 5 heteroatoms. The van der Waals surface area contributed by atoms with E-state index in [1.807, 2.05) is 0 Å². The number of halogens is 1. The lowest BCUT2D eigenvalue weighted by Gasteiger charge is -2.20. The Kier molecular flexibility index (Phi) is 4.95. The minimum atomic E-state index is -0.422. The number of hydrogen-bond acceptors (Lipinski definition) is 2. The van der Waals surface area contributed by atoms with E-state index < -0.39 is 5.82 Å². The van der Waals surface area contributed by atoms with Gasteiger partial charge in [0.05, 0.1) is 5.69 Å². The van der Waals surface area contributed by atoms with Crippen LogP contribution in [0.25, 0.3) is 0 Å². The fraction of sp³-hybridized carbons (Fsp3) is 0.533. The number of nitrogens with one attached hydrogen (secondary N) is 2. The summed E-state index contributed by atoms with van der Waals surface area (Å²) in [6, 6.07) is 6.36. The van der Waals surface area contributed by atoms with Crippen molar-refractivity contribution in [2.24, 2.45) is 5.92 Å². The van der Waals surface area contributed by atoms with Gasteiger partial charge in [-0.25, -0.2) is 9.18 Å². The summed E-state index contributed by atoms with van der Waals surface area (Å²) >= 11 is 0. The number of anilines is 1. The zero-order valence-corrected chi connectivity index (χ0v) is 12.0. The van der Waals surface area contributed by atoms with Gasteiger partial charge in [0.15, 0.2) is 0 Å². The van der Waals surface area contributed by atoms with Gasteiger partial charge in [-0.2, -0.15) is 0 Å². The number of hydrogen-bond donors (Lipinski definition) is 2. The van der Waals surface area contributed by atoms with Crippen LogP contribution in [0, 0.1) is 11.7 Å². The summed E-state index contributed by atoms with van der Waals surface area (Å²) < 4.78 is 13.4. The maximum Gasteiger partial charge on any atom is 0.319 e. The Morgan fingerprint density at radius 3 is 2.85 bits per heavy atom. The summed E-state index contributed by atoms with van der Waals surface area (Å²) in [5.41, 5.74) is 0.209. The van der Waals surface area contributed by atoms with E-state index in [-0.39, 0.29) is 11.7 Å². The van der Waals surface area contributed by atoms with Gasteiger partial charge in [0.1, 0.15) is 5.82 Å². The number of benzene rings is 1. The van der Waals surface area contributed by atoms with Gasteiger partial charge in [-0.3, -0.25) is 0 Å². The van der Waals surface area contributed by atoms with Crippen LogP contribution in [0.15, 0.2) is 24.3 Å². The molecule has 1 heterocycles. The van der Waals surface area contributed by atoms with E-state index in [2.05, 4.69) is 29.4 Å². The normalized spacial score (nSPS) is 19.3. The second-order valence-electron chi connectivity index (χ2n) is 5.56. The minimum Gasteiger partial charge on any atom is -0.338 e. The molecule has 0 saturated carbocycles.